The van der Waals surface area contributed by atoms with Gasteiger partial charge in [0.15, 0.2) is 0 Å². The van der Waals surface area contributed by atoms with E-state index < -0.39 is 10.0 Å². The molecule has 1 saturated carbocycles. The van der Waals surface area contributed by atoms with Gasteiger partial charge in [0.1, 0.15) is 0 Å². The molecule has 3 N–H and O–H groups in total. The van der Waals surface area contributed by atoms with Gasteiger partial charge < -0.3 is 10.6 Å². The Balaban J connectivity index is 1.88. The van der Waals surface area contributed by atoms with E-state index in [0.29, 0.717) is 19.6 Å². The molecular weight excluding hydrogens is 266 g/mol. The number of hydrogen-bond donors (Lipinski definition) is 2. The van der Waals surface area contributed by atoms with Crippen LogP contribution < -0.4 is 10.5 Å². The highest BCUT2D eigenvalue weighted by atomic mass is 32.2. The molecule has 1 aliphatic carbocycles. The highest BCUT2D eigenvalue weighted by Gasteiger charge is 2.50. The smallest absolute Gasteiger partial charge is 0.230 e. The summed E-state index contributed by atoms with van der Waals surface area (Å²) in [4.78, 5) is 14.2. The van der Waals surface area contributed by atoms with Crippen LogP contribution in [0.4, 0.5) is 0 Å². The van der Waals surface area contributed by atoms with Crippen molar-refractivity contribution in [1.29, 1.82) is 0 Å². The number of likely N-dealkylation sites (tertiary alicyclic amines) is 1. The largest absolute Gasteiger partial charge is 0.342 e. The van der Waals surface area contributed by atoms with Crippen LogP contribution in [-0.4, -0.2) is 51.7 Å². The van der Waals surface area contributed by atoms with E-state index in [1.165, 1.54) is 0 Å². The molecule has 110 valence electrons. The zero-order valence-corrected chi connectivity index (χ0v) is 12.2. The van der Waals surface area contributed by atoms with Gasteiger partial charge in [0.25, 0.3) is 0 Å². The van der Waals surface area contributed by atoms with Crippen LogP contribution in [0.3, 0.4) is 0 Å². The fourth-order valence-electron chi connectivity index (χ4n) is 2.68. The Kier molecular flexibility index (Phi) is 4.17. The van der Waals surface area contributed by atoms with Crippen molar-refractivity contribution in [2.45, 2.75) is 25.7 Å². The highest BCUT2D eigenvalue weighted by Crippen LogP contribution is 2.46. The van der Waals surface area contributed by atoms with Crippen LogP contribution in [0.5, 0.6) is 0 Å². The maximum Gasteiger partial charge on any atom is 0.230 e. The van der Waals surface area contributed by atoms with E-state index in [1.54, 1.807) is 0 Å². The average Bonchev–Trinajstić information content (AvgIpc) is 3.16. The van der Waals surface area contributed by atoms with E-state index in [4.69, 9.17) is 5.73 Å². The minimum absolute atomic E-state index is 0.166. The molecular formula is C12H23N3O3S. The van der Waals surface area contributed by atoms with E-state index in [-0.39, 0.29) is 17.2 Å². The molecule has 1 amide bonds. The summed E-state index contributed by atoms with van der Waals surface area (Å²) in [5, 5.41) is 0. The van der Waals surface area contributed by atoms with Crippen LogP contribution in [0.2, 0.25) is 0 Å². The summed E-state index contributed by atoms with van der Waals surface area (Å²) in [6.07, 6.45) is 4.84. The van der Waals surface area contributed by atoms with Crippen LogP contribution in [-0.2, 0) is 14.8 Å². The number of rotatable bonds is 5. The Morgan fingerprint density at radius 1 is 1.47 bits per heavy atom. The topological polar surface area (TPSA) is 92.5 Å². The molecule has 19 heavy (non-hydrogen) atoms. The normalized spacial score (nSPS) is 26.2. The molecule has 1 atom stereocenters. The minimum Gasteiger partial charge on any atom is -0.342 e. The summed E-state index contributed by atoms with van der Waals surface area (Å²) < 4.78 is 24.7. The van der Waals surface area contributed by atoms with Gasteiger partial charge in [-0.05, 0) is 31.6 Å². The fraction of sp³-hybridized carbons (Fsp3) is 0.917. The van der Waals surface area contributed by atoms with Crippen molar-refractivity contribution in [2.24, 2.45) is 17.1 Å². The molecule has 0 aromatic heterocycles. The maximum absolute atomic E-state index is 12.4. The van der Waals surface area contributed by atoms with Gasteiger partial charge in [-0.2, -0.15) is 0 Å². The molecule has 1 heterocycles. The lowest BCUT2D eigenvalue weighted by Gasteiger charge is -2.35. The van der Waals surface area contributed by atoms with Crippen molar-refractivity contribution < 1.29 is 13.2 Å². The molecule has 2 rings (SSSR count). The SMILES string of the molecule is CS(=O)(=O)NCC1CCCN(C(=O)C2(CN)CC2)C1. The standard InChI is InChI=1S/C12H23N3O3S/c1-19(17,18)14-7-10-3-2-6-15(8-10)11(16)12(9-13)4-5-12/h10,14H,2-9,13H2,1H3. The predicted molar refractivity (Wildman–Crippen MR) is 72.9 cm³/mol. The third kappa shape index (κ3) is 3.67. The van der Waals surface area contributed by atoms with E-state index in [2.05, 4.69) is 4.72 Å². The van der Waals surface area contributed by atoms with Crippen molar-refractivity contribution in [2.75, 3.05) is 32.4 Å². The lowest BCUT2D eigenvalue weighted by atomic mass is 9.96. The van der Waals surface area contributed by atoms with Crippen molar-refractivity contribution in [3.63, 3.8) is 0 Å². The predicted octanol–water partition coefficient (Wildman–Crippen LogP) is -0.487. The number of sulfonamides is 1. The van der Waals surface area contributed by atoms with Crippen molar-refractivity contribution in [3.8, 4) is 0 Å². The van der Waals surface area contributed by atoms with Crippen LogP contribution in [0, 0.1) is 11.3 Å². The first-order valence-electron chi connectivity index (χ1n) is 6.80. The number of hydrogen-bond acceptors (Lipinski definition) is 4. The summed E-state index contributed by atoms with van der Waals surface area (Å²) in [6, 6.07) is 0. The number of carbonyl (C=O) groups excluding carboxylic acids is 1. The number of piperidine rings is 1. The zero-order valence-electron chi connectivity index (χ0n) is 11.4. The Bertz CT molecular complexity index is 445. The summed E-state index contributed by atoms with van der Waals surface area (Å²) in [6.45, 7) is 2.26. The van der Waals surface area contributed by atoms with Crippen molar-refractivity contribution >= 4 is 15.9 Å². The second kappa shape index (κ2) is 5.38. The second-order valence-corrected chi connectivity index (χ2v) is 7.70. The monoisotopic (exact) mass is 289 g/mol. The van der Waals surface area contributed by atoms with Gasteiger partial charge in [0.05, 0.1) is 11.7 Å². The van der Waals surface area contributed by atoms with E-state index in [0.717, 1.165) is 38.5 Å². The lowest BCUT2D eigenvalue weighted by Crippen LogP contribution is -2.47. The molecule has 1 unspecified atom stereocenters. The fourth-order valence-corrected chi connectivity index (χ4v) is 3.22. The van der Waals surface area contributed by atoms with Gasteiger partial charge in [-0.25, -0.2) is 13.1 Å². The number of amides is 1. The van der Waals surface area contributed by atoms with Gasteiger partial charge >= 0.3 is 0 Å². The Morgan fingerprint density at radius 3 is 2.68 bits per heavy atom. The number of nitrogens with zero attached hydrogens (tertiary/aromatic N) is 1. The quantitative estimate of drug-likeness (QED) is 0.714. The molecule has 2 fully saturated rings. The van der Waals surface area contributed by atoms with E-state index in [9.17, 15) is 13.2 Å². The van der Waals surface area contributed by atoms with Gasteiger partial charge in [-0.3, -0.25) is 4.79 Å². The molecule has 0 spiro atoms. The van der Waals surface area contributed by atoms with Crippen LogP contribution >= 0.6 is 0 Å². The second-order valence-electron chi connectivity index (χ2n) is 5.86. The Morgan fingerprint density at radius 2 is 2.16 bits per heavy atom. The Labute approximate surface area is 114 Å². The number of carbonyl (C=O) groups is 1. The molecule has 0 bridgehead atoms. The van der Waals surface area contributed by atoms with Crippen LogP contribution in [0.25, 0.3) is 0 Å². The van der Waals surface area contributed by atoms with E-state index in [1.807, 2.05) is 4.90 Å². The highest BCUT2D eigenvalue weighted by molar-refractivity contribution is 7.88. The molecule has 1 saturated heterocycles. The minimum atomic E-state index is -3.16. The average molecular weight is 289 g/mol. The van der Waals surface area contributed by atoms with E-state index >= 15 is 0 Å². The molecule has 0 radical (unpaired) electrons. The molecule has 2 aliphatic rings. The number of nitrogens with one attached hydrogen (secondary N) is 1. The molecule has 7 heteroatoms. The van der Waals surface area contributed by atoms with Gasteiger partial charge in [0.2, 0.25) is 15.9 Å². The van der Waals surface area contributed by atoms with Crippen molar-refractivity contribution in [3.05, 3.63) is 0 Å². The van der Waals surface area contributed by atoms with Gasteiger partial charge in [0, 0.05) is 26.2 Å². The third-order valence-corrected chi connectivity index (χ3v) is 4.83. The lowest BCUT2D eigenvalue weighted by molar-refractivity contribution is -0.138. The summed E-state index contributed by atoms with van der Waals surface area (Å²) in [7, 11) is -3.16. The summed E-state index contributed by atoms with van der Waals surface area (Å²) in [5.74, 6) is 0.375. The first-order valence-corrected chi connectivity index (χ1v) is 8.69. The summed E-state index contributed by atoms with van der Waals surface area (Å²) in [5.41, 5.74) is 5.39. The van der Waals surface area contributed by atoms with Gasteiger partial charge in [-0.15, -0.1) is 0 Å². The van der Waals surface area contributed by atoms with Crippen LogP contribution in [0.1, 0.15) is 25.7 Å². The Hall–Kier alpha value is -0.660. The maximum atomic E-state index is 12.4. The molecule has 1 aliphatic heterocycles. The first-order chi connectivity index (χ1) is 8.86. The molecule has 0 aromatic rings. The molecule has 0 aromatic carbocycles. The third-order valence-electron chi connectivity index (χ3n) is 4.14. The number of nitrogens with two attached hydrogens (primary N) is 1. The summed E-state index contributed by atoms with van der Waals surface area (Å²) >= 11 is 0. The first kappa shape index (κ1) is 14.7. The van der Waals surface area contributed by atoms with Crippen LogP contribution in [0.15, 0.2) is 0 Å². The van der Waals surface area contributed by atoms with Crippen molar-refractivity contribution in [1.82, 2.24) is 9.62 Å². The molecule has 6 nitrogen and oxygen atoms in total. The van der Waals surface area contributed by atoms with Gasteiger partial charge in [-0.1, -0.05) is 0 Å². The zero-order chi connectivity index (χ0) is 14.1.